The van der Waals surface area contributed by atoms with Gasteiger partial charge < -0.3 is 0 Å². The Morgan fingerprint density at radius 1 is 0.818 bits per heavy atom. The molecule has 3 heteroatoms. The van der Waals surface area contributed by atoms with Crippen LogP contribution in [0.15, 0.2) is 41.1 Å². The largest absolute Gasteiger partial charge is 0.236 e. The molecule has 0 N–H and O–H groups in total. The van der Waals surface area contributed by atoms with Crippen LogP contribution < -0.4 is 0 Å². The third-order valence-corrected chi connectivity index (χ3v) is 4.41. The molecule has 0 unspecified atom stereocenters. The number of aryl methyl sites for hydroxylation is 1. The molecule has 0 amide bonds. The van der Waals surface area contributed by atoms with Crippen LogP contribution in [0.5, 0.6) is 0 Å². The van der Waals surface area contributed by atoms with Gasteiger partial charge in [0.1, 0.15) is 0 Å². The standard InChI is InChI=1S/C19H25BrN2/c1-2-3-4-5-6-7-8-9-16-14-21-19(22-15-16)17-10-12-18(20)13-11-17/h10-15H,2-9H2,1H3. The summed E-state index contributed by atoms with van der Waals surface area (Å²) in [7, 11) is 0. The number of hydrogen-bond acceptors (Lipinski definition) is 2. The topological polar surface area (TPSA) is 25.8 Å². The van der Waals surface area contributed by atoms with Gasteiger partial charge >= 0.3 is 0 Å². The molecule has 0 aliphatic rings. The van der Waals surface area contributed by atoms with E-state index in [0.717, 1.165) is 22.3 Å². The Balaban J connectivity index is 1.74. The van der Waals surface area contributed by atoms with E-state index in [9.17, 15) is 0 Å². The van der Waals surface area contributed by atoms with Crippen molar-refractivity contribution in [2.45, 2.75) is 58.3 Å². The third-order valence-electron chi connectivity index (χ3n) is 3.88. The molecule has 1 aromatic carbocycles. The van der Waals surface area contributed by atoms with Crippen molar-refractivity contribution in [3.8, 4) is 11.4 Å². The minimum absolute atomic E-state index is 0.802. The zero-order valence-electron chi connectivity index (χ0n) is 13.4. The Labute approximate surface area is 142 Å². The maximum Gasteiger partial charge on any atom is 0.159 e. The van der Waals surface area contributed by atoms with E-state index in [2.05, 4.69) is 32.8 Å². The van der Waals surface area contributed by atoms with Crippen LogP contribution in [0.1, 0.15) is 57.4 Å². The zero-order valence-corrected chi connectivity index (χ0v) is 15.0. The highest BCUT2D eigenvalue weighted by Gasteiger charge is 2.01. The van der Waals surface area contributed by atoms with Gasteiger partial charge in [0.15, 0.2) is 5.82 Å². The number of benzene rings is 1. The smallest absolute Gasteiger partial charge is 0.159 e. The lowest BCUT2D eigenvalue weighted by atomic mass is 10.1. The SMILES string of the molecule is CCCCCCCCCc1cnc(-c2ccc(Br)cc2)nc1. The van der Waals surface area contributed by atoms with Gasteiger partial charge in [0.05, 0.1) is 0 Å². The molecule has 0 saturated carbocycles. The average molecular weight is 361 g/mol. The minimum Gasteiger partial charge on any atom is -0.236 e. The number of hydrogen-bond donors (Lipinski definition) is 0. The fraction of sp³-hybridized carbons (Fsp3) is 0.474. The highest BCUT2D eigenvalue weighted by atomic mass is 79.9. The second-order valence-corrected chi connectivity index (χ2v) is 6.71. The molecule has 2 rings (SSSR count). The first kappa shape index (κ1) is 17.1. The van der Waals surface area contributed by atoms with Gasteiger partial charge in [-0.2, -0.15) is 0 Å². The Hall–Kier alpha value is -1.22. The van der Waals surface area contributed by atoms with Crippen LogP contribution in [0.4, 0.5) is 0 Å². The molecule has 0 saturated heterocycles. The molecule has 1 heterocycles. The molecule has 2 nitrogen and oxygen atoms in total. The van der Waals surface area contributed by atoms with Crippen molar-refractivity contribution in [2.24, 2.45) is 0 Å². The molecule has 0 bridgehead atoms. The van der Waals surface area contributed by atoms with E-state index in [-0.39, 0.29) is 0 Å². The minimum atomic E-state index is 0.802. The molecule has 0 aliphatic heterocycles. The molecule has 0 radical (unpaired) electrons. The highest BCUT2D eigenvalue weighted by molar-refractivity contribution is 9.10. The molecule has 118 valence electrons. The number of nitrogens with zero attached hydrogens (tertiary/aromatic N) is 2. The summed E-state index contributed by atoms with van der Waals surface area (Å²) in [6.45, 7) is 2.26. The molecule has 1 aromatic heterocycles. The molecule has 0 aliphatic carbocycles. The van der Waals surface area contributed by atoms with Gasteiger partial charge in [-0.3, -0.25) is 0 Å². The lowest BCUT2D eigenvalue weighted by molar-refractivity contribution is 0.589. The van der Waals surface area contributed by atoms with E-state index in [1.54, 1.807) is 0 Å². The Kier molecular flexibility index (Phi) is 7.58. The van der Waals surface area contributed by atoms with E-state index in [1.807, 2.05) is 36.7 Å². The van der Waals surface area contributed by atoms with Crippen LogP contribution >= 0.6 is 15.9 Å². The summed E-state index contributed by atoms with van der Waals surface area (Å²) in [6.07, 6.45) is 14.4. The van der Waals surface area contributed by atoms with Crippen molar-refractivity contribution >= 4 is 15.9 Å². The maximum absolute atomic E-state index is 4.49. The molecule has 2 aromatic rings. The predicted molar refractivity (Wildman–Crippen MR) is 96.9 cm³/mol. The molecular weight excluding hydrogens is 336 g/mol. The van der Waals surface area contributed by atoms with Crippen molar-refractivity contribution < 1.29 is 0 Å². The second-order valence-electron chi connectivity index (χ2n) is 5.79. The van der Waals surface area contributed by atoms with Gasteiger partial charge in [-0.1, -0.05) is 73.5 Å². The fourth-order valence-corrected chi connectivity index (χ4v) is 2.78. The fourth-order valence-electron chi connectivity index (χ4n) is 2.52. The summed E-state index contributed by atoms with van der Waals surface area (Å²) in [5.41, 5.74) is 2.31. The summed E-state index contributed by atoms with van der Waals surface area (Å²) in [5.74, 6) is 0.802. The van der Waals surface area contributed by atoms with E-state index in [0.29, 0.717) is 0 Å². The quantitative estimate of drug-likeness (QED) is 0.497. The molecule has 0 atom stereocenters. The van der Waals surface area contributed by atoms with Crippen molar-refractivity contribution in [2.75, 3.05) is 0 Å². The summed E-state index contributed by atoms with van der Waals surface area (Å²) >= 11 is 3.44. The Morgan fingerprint density at radius 3 is 2.05 bits per heavy atom. The van der Waals surface area contributed by atoms with E-state index >= 15 is 0 Å². The zero-order chi connectivity index (χ0) is 15.6. The molecule has 0 fully saturated rings. The molecule has 22 heavy (non-hydrogen) atoms. The first-order valence-corrected chi connectivity index (χ1v) is 9.15. The maximum atomic E-state index is 4.49. The summed E-state index contributed by atoms with van der Waals surface area (Å²) < 4.78 is 1.08. The monoisotopic (exact) mass is 360 g/mol. The average Bonchev–Trinajstić information content (AvgIpc) is 2.55. The Bertz CT molecular complexity index is 534. The van der Waals surface area contributed by atoms with E-state index in [4.69, 9.17) is 0 Å². The van der Waals surface area contributed by atoms with Gasteiger partial charge in [-0.05, 0) is 30.5 Å². The molecule has 0 spiro atoms. The normalized spacial score (nSPS) is 10.8. The van der Waals surface area contributed by atoms with Crippen molar-refractivity contribution in [1.29, 1.82) is 0 Å². The highest BCUT2D eigenvalue weighted by Crippen LogP contribution is 2.18. The first-order chi connectivity index (χ1) is 10.8. The number of aromatic nitrogens is 2. The second kappa shape index (κ2) is 9.73. The van der Waals surface area contributed by atoms with Gasteiger partial charge in [0, 0.05) is 22.4 Å². The van der Waals surface area contributed by atoms with E-state index in [1.165, 1.54) is 50.5 Å². The summed E-state index contributed by atoms with van der Waals surface area (Å²) in [4.78, 5) is 8.98. The number of unbranched alkanes of at least 4 members (excludes halogenated alkanes) is 6. The van der Waals surface area contributed by atoms with Crippen molar-refractivity contribution in [3.63, 3.8) is 0 Å². The van der Waals surface area contributed by atoms with Crippen molar-refractivity contribution in [1.82, 2.24) is 9.97 Å². The predicted octanol–water partition coefficient (Wildman–Crippen LogP) is 6.20. The van der Waals surface area contributed by atoms with Gasteiger partial charge in [-0.25, -0.2) is 9.97 Å². The van der Waals surface area contributed by atoms with Crippen LogP contribution in [-0.4, -0.2) is 9.97 Å². The van der Waals surface area contributed by atoms with E-state index < -0.39 is 0 Å². The lowest BCUT2D eigenvalue weighted by Gasteiger charge is -2.04. The number of halogens is 1. The summed E-state index contributed by atoms with van der Waals surface area (Å²) in [5, 5.41) is 0. The number of rotatable bonds is 9. The van der Waals surface area contributed by atoms with Crippen molar-refractivity contribution in [3.05, 3.63) is 46.7 Å². The van der Waals surface area contributed by atoms with Crippen LogP contribution in [0, 0.1) is 0 Å². The van der Waals surface area contributed by atoms with Crippen LogP contribution in [0.3, 0.4) is 0 Å². The third kappa shape index (κ3) is 5.88. The van der Waals surface area contributed by atoms with Gasteiger partial charge in [0.25, 0.3) is 0 Å². The van der Waals surface area contributed by atoms with Gasteiger partial charge in [0.2, 0.25) is 0 Å². The summed E-state index contributed by atoms with van der Waals surface area (Å²) in [6, 6.07) is 8.11. The first-order valence-electron chi connectivity index (χ1n) is 8.36. The van der Waals surface area contributed by atoms with Crippen LogP contribution in [0.25, 0.3) is 11.4 Å². The molecular formula is C19H25BrN2. The van der Waals surface area contributed by atoms with Crippen LogP contribution in [-0.2, 0) is 6.42 Å². The Morgan fingerprint density at radius 2 is 1.41 bits per heavy atom. The van der Waals surface area contributed by atoms with Gasteiger partial charge in [-0.15, -0.1) is 0 Å². The van der Waals surface area contributed by atoms with Crippen LogP contribution in [0.2, 0.25) is 0 Å². The lowest BCUT2D eigenvalue weighted by Crippen LogP contribution is -1.93.